The van der Waals surface area contributed by atoms with Gasteiger partial charge >= 0.3 is 18.0 Å². The minimum Gasteiger partial charge on any atom is -0.349 e. The van der Waals surface area contributed by atoms with Crippen LogP contribution in [0.3, 0.4) is 0 Å². The molecule has 1 fully saturated rings. The molecule has 0 spiro atoms. The van der Waals surface area contributed by atoms with E-state index in [1.807, 2.05) is 0 Å². The Morgan fingerprint density at radius 3 is 2.22 bits per heavy atom. The van der Waals surface area contributed by atoms with Gasteiger partial charge in [-0.1, -0.05) is 12.1 Å². The second-order valence-corrected chi connectivity index (χ2v) is 8.06. The molecule has 2 aromatic carbocycles. The molecular weight excluding hydrogens is 501 g/mol. The minimum atomic E-state index is -4.99. The quantitative estimate of drug-likeness (QED) is 0.472. The number of nitrogens with zero attached hydrogens (tertiary/aromatic N) is 2. The van der Waals surface area contributed by atoms with Crippen molar-refractivity contribution >= 4 is 0 Å². The molecule has 0 amide bonds. The zero-order chi connectivity index (χ0) is 26.1. The van der Waals surface area contributed by atoms with Crippen molar-refractivity contribution in [2.45, 2.75) is 37.8 Å². The topological polar surface area (TPSA) is 83.2 Å². The van der Waals surface area contributed by atoms with E-state index in [1.165, 1.54) is 24.3 Å². The third kappa shape index (κ3) is 6.12. The number of aromatic amines is 2. The van der Waals surface area contributed by atoms with E-state index in [9.17, 15) is 35.5 Å². The van der Waals surface area contributed by atoms with E-state index < -0.39 is 53.9 Å². The average Bonchev–Trinajstić information content (AvgIpc) is 3.21. The SMILES string of the molecule is O=c1[nH]nc(CN2CCO[C@H](OCc3cc(C(F)(F)F)cc(C(F)(F)F)c3)C2c2ccc(F)cc2)[nH]1. The van der Waals surface area contributed by atoms with Gasteiger partial charge in [-0.15, -0.1) is 0 Å². The van der Waals surface area contributed by atoms with Crippen molar-refractivity contribution in [1.82, 2.24) is 20.1 Å². The number of H-pyrrole nitrogens is 2. The van der Waals surface area contributed by atoms with E-state index in [1.54, 1.807) is 4.90 Å². The molecule has 14 heteroatoms. The maximum Gasteiger partial charge on any atom is 0.416 e. The third-order valence-electron chi connectivity index (χ3n) is 5.49. The Hall–Kier alpha value is -3.23. The van der Waals surface area contributed by atoms with Gasteiger partial charge in [-0.2, -0.15) is 31.4 Å². The number of ether oxygens (including phenoxy) is 2. The van der Waals surface area contributed by atoms with Gasteiger partial charge in [0.25, 0.3) is 0 Å². The highest BCUT2D eigenvalue weighted by Crippen LogP contribution is 2.37. The fraction of sp³-hybridized carbons (Fsp3) is 0.364. The zero-order valence-corrected chi connectivity index (χ0v) is 18.3. The molecule has 3 aromatic rings. The van der Waals surface area contributed by atoms with Crippen LogP contribution in [0, 0.1) is 5.82 Å². The molecule has 2 N–H and O–H groups in total. The van der Waals surface area contributed by atoms with Crippen molar-refractivity contribution < 1.29 is 40.2 Å². The summed E-state index contributed by atoms with van der Waals surface area (Å²) in [6.45, 7) is -0.0970. The summed E-state index contributed by atoms with van der Waals surface area (Å²) < 4.78 is 104. The summed E-state index contributed by atoms with van der Waals surface area (Å²) in [5.74, 6) is -0.236. The molecule has 0 aliphatic carbocycles. The number of halogens is 7. The van der Waals surface area contributed by atoms with Crippen LogP contribution in [0.25, 0.3) is 0 Å². The second-order valence-electron chi connectivity index (χ2n) is 8.06. The van der Waals surface area contributed by atoms with Crippen molar-refractivity contribution in [2.24, 2.45) is 0 Å². The van der Waals surface area contributed by atoms with E-state index >= 15 is 0 Å². The van der Waals surface area contributed by atoms with Crippen molar-refractivity contribution in [1.29, 1.82) is 0 Å². The lowest BCUT2D eigenvalue weighted by molar-refractivity contribution is -0.218. The van der Waals surface area contributed by atoms with E-state index in [4.69, 9.17) is 9.47 Å². The van der Waals surface area contributed by atoms with Gasteiger partial charge in [-0.3, -0.25) is 9.88 Å². The monoisotopic (exact) mass is 520 g/mol. The van der Waals surface area contributed by atoms with Gasteiger partial charge < -0.3 is 9.47 Å². The summed E-state index contributed by atoms with van der Waals surface area (Å²) in [5.41, 5.74) is -3.29. The highest BCUT2D eigenvalue weighted by molar-refractivity contribution is 5.33. The Bertz CT molecular complexity index is 1210. The summed E-state index contributed by atoms with van der Waals surface area (Å²) in [4.78, 5) is 15.7. The lowest BCUT2D eigenvalue weighted by Gasteiger charge is -2.40. The van der Waals surface area contributed by atoms with Gasteiger partial charge in [0, 0.05) is 6.54 Å². The largest absolute Gasteiger partial charge is 0.416 e. The molecule has 0 radical (unpaired) electrons. The Morgan fingerprint density at radius 1 is 1.03 bits per heavy atom. The number of morpholine rings is 1. The van der Waals surface area contributed by atoms with Gasteiger partial charge in [0.15, 0.2) is 6.29 Å². The van der Waals surface area contributed by atoms with E-state index in [0.717, 1.165) is 0 Å². The van der Waals surface area contributed by atoms with Crippen LogP contribution >= 0.6 is 0 Å². The maximum absolute atomic E-state index is 13.5. The highest BCUT2D eigenvalue weighted by Gasteiger charge is 2.38. The van der Waals surface area contributed by atoms with E-state index in [0.29, 0.717) is 24.2 Å². The maximum atomic E-state index is 13.5. The lowest BCUT2D eigenvalue weighted by Crippen LogP contribution is -2.46. The number of hydrogen-bond donors (Lipinski definition) is 2. The number of aromatic nitrogens is 3. The van der Waals surface area contributed by atoms with Crippen LogP contribution in [0.2, 0.25) is 0 Å². The summed E-state index contributed by atoms with van der Waals surface area (Å²) in [6.07, 6.45) is -11.1. The molecule has 0 bridgehead atoms. The normalized spacial score (nSPS) is 19.5. The van der Waals surface area contributed by atoms with Crippen LogP contribution < -0.4 is 5.69 Å². The molecule has 1 saturated heterocycles. The fourth-order valence-corrected chi connectivity index (χ4v) is 3.89. The van der Waals surface area contributed by atoms with Gasteiger partial charge in [0.1, 0.15) is 11.6 Å². The zero-order valence-electron chi connectivity index (χ0n) is 18.3. The van der Waals surface area contributed by atoms with Crippen LogP contribution in [0.15, 0.2) is 47.3 Å². The van der Waals surface area contributed by atoms with E-state index in [2.05, 4.69) is 15.2 Å². The standard InChI is InChI=1S/C22H19F7N4O3/c23-16-3-1-13(2-4-16)18-19(35-6-5-33(18)10-17-30-20(34)32-31-17)36-11-12-7-14(21(24,25)26)9-15(8-12)22(27,28)29/h1-4,7-9,18-19H,5-6,10-11H2,(H2,30,31,32,34)/t18?,19-/m1/s1. The minimum absolute atomic E-state index is 0.0360. The van der Waals surface area contributed by atoms with Crippen LogP contribution in [-0.2, 0) is 35.0 Å². The van der Waals surface area contributed by atoms with Crippen molar-refractivity contribution in [3.63, 3.8) is 0 Å². The molecule has 1 aliphatic heterocycles. The third-order valence-corrected chi connectivity index (χ3v) is 5.49. The Labute approximate surface area is 198 Å². The summed E-state index contributed by atoms with van der Waals surface area (Å²) in [5, 5.41) is 6.08. The second kappa shape index (κ2) is 10.0. The van der Waals surface area contributed by atoms with Crippen LogP contribution in [0.4, 0.5) is 30.7 Å². The number of hydrogen-bond acceptors (Lipinski definition) is 5. The first-order valence-corrected chi connectivity index (χ1v) is 10.5. The van der Waals surface area contributed by atoms with Gasteiger partial charge in [-0.25, -0.2) is 14.3 Å². The first-order chi connectivity index (χ1) is 16.9. The molecule has 1 aliphatic rings. The lowest BCUT2D eigenvalue weighted by atomic mass is 10.0. The van der Waals surface area contributed by atoms with Gasteiger partial charge in [0.2, 0.25) is 0 Å². The molecule has 7 nitrogen and oxygen atoms in total. The van der Waals surface area contributed by atoms with Gasteiger partial charge in [0.05, 0.1) is 36.9 Å². The Balaban J connectivity index is 1.61. The van der Waals surface area contributed by atoms with Crippen LogP contribution in [0.5, 0.6) is 0 Å². The predicted molar refractivity (Wildman–Crippen MR) is 110 cm³/mol. The first kappa shape index (κ1) is 25.9. The molecular formula is C22H19F7N4O3. The van der Waals surface area contributed by atoms with Crippen molar-refractivity contribution in [3.05, 3.63) is 86.8 Å². The summed E-state index contributed by atoms with van der Waals surface area (Å²) in [6, 6.07) is 5.75. The molecule has 36 heavy (non-hydrogen) atoms. The molecule has 194 valence electrons. The fourth-order valence-electron chi connectivity index (χ4n) is 3.89. The molecule has 1 unspecified atom stereocenters. The highest BCUT2D eigenvalue weighted by atomic mass is 19.4. The summed E-state index contributed by atoms with van der Waals surface area (Å²) in [7, 11) is 0. The Morgan fingerprint density at radius 2 is 1.67 bits per heavy atom. The molecule has 4 rings (SSSR count). The molecule has 1 aromatic heterocycles. The van der Waals surface area contributed by atoms with Crippen molar-refractivity contribution in [2.75, 3.05) is 13.2 Å². The predicted octanol–water partition coefficient (Wildman–Crippen LogP) is 4.39. The van der Waals surface area contributed by atoms with Crippen molar-refractivity contribution in [3.8, 4) is 0 Å². The first-order valence-electron chi connectivity index (χ1n) is 10.5. The molecule has 2 heterocycles. The summed E-state index contributed by atoms with van der Waals surface area (Å²) >= 11 is 0. The van der Waals surface area contributed by atoms with E-state index in [-0.39, 0.29) is 30.6 Å². The molecule has 2 atom stereocenters. The number of alkyl halides is 6. The number of benzene rings is 2. The number of nitrogens with one attached hydrogen (secondary N) is 2. The number of rotatable bonds is 6. The molecule has 0 saturated carbocycles. The van der Waals surface area contributed by atoms with Crippen LogP contribution in [0.1, 0.15) is 34.1 Å². The van der Waals surface area contributed by atoms with Gasteiger partial charge in [-0.05, 0) is 41.5 Å². The van der Waals surface area contributed by atoms with Crippen LogP contribution in [-0.4, -0.2) is 39.5 Å². The smallest absolute Gasteiger partial charge is 0.349 e. The Kier molecular flexibility index (Phi) is 7.20. The average molecular weight is 520 g/mol.